The number of hydrogen-bond acceptors (Lipinski definition) is 3. The van der Waals surface area contributed by atoms with Crippen LogP contribution in [-0.4, -0.2) is 28.2 Å². The molecule has 2 heterocycles. The monoisotopic (exact) mass is 303 g/mol. The maximum Gasteiger partial charge on any atom is 0.249 e. The van der Waals surface area contributed by atoms with E-state index in [0.29, 0.717) is 24.4 Å². The number of benzene rings is 1. The van der Waals surface area contributed by atoms with Gasteiger partial charge in [0.2, 0.25) is 5.91 Å². The van der Waals surface area contributed by atoms with E-state index >= 15 is 0 Å². The molecule has 1 aliphatic rings. The van der Waals surface area contributed by atoms with Gasteiger partial charge in [-0.2, -0.15) is 0 Å². The van der Waals surface area contributed by atoms with Crippen molar-refractivity contribution in [1.82, 2.24) is 14.9 Å². The Balaban J connectivity index is 1.91. The number of ether oxygens (including phenoxy) is 1. The fraction of sp³-hybridized carbons (Fsp3) is 0.375. The average Bonchev–Trinajstić information content (AvgIpc) is 3.17. The van der Waals surface area contributed by atoms with Crippen LogP contribution in [0.4, 0.5) is 4.39 Å². The summed E-state index contributed by atoms with van der Waals surface area (Å²) in [5.74, 6) is -0.0201. The van der Waals surface area contributed by atoms with E-state index in [2.05, 4.69) is 10.3 Å². The van der Waals surface area contributed by atoms with Crippen molar-refractivity contribution in [3.05, 3.63) is 53.9 Å². The second-order valence-corrected chi connectivity index (χ2v) is 5.36. The van der Waals surface area contributed by atoms with Gasteiger partial charge in [-0.15, -0.1) is 0 Å². The van der Waals surface area contributed by atoms with E-state index in [1.54, 1.807) is 35.2 Å². The summed E-state index contributed by atoms with van der Waals surface area (Å²) >= 11 is 0. The van der Waals surface area contributed by atoms with Crippen LogP contribution in [0.25, 0.3) is 0 Å². The molecule has 0 bridgehead atoms. The van der Waals surface area contributed by atoms with Gasteiger partial charge in [-0.05, 0) is 18.9 Å². The summed E-state index contributed by atoms with van der Waals surface area (Å²) in [6.45, 7) is 0.588. The Bertz CT molecular complexity index is 665. The largest absolute Gasteiger partial charge is 0.368 e. The second kappa shape index (κ2) is 6.27. The van der Waals surface area contributed by atoms with Crippen LogP contribution < -0.4 is 5.32 Å². The zero-order chi connectivity index (χ0) is 15.5. The fourth-order valence-electron chi connectivity index (χ4n) is 2.67. The van der Waals surface area contributed by atoms with E-state index in [1.165, 1.54) is 6.07 Å². The Labute approximate surface area is 128 Å². The van der Waals surface area contributed by atoms with E-state index in [4.69, 9.17) is 4.74 Å². The maximum absolute atomic E-state index is 14.2. The van der Waals surface area contributed by atoms with Crippen LogP contribution in [-0.2, 0) is 16.6 Å². The molecular weight excluding hydrogens is 285 g/mol. The van der Waals surface area contributed by atoms with E-state index in [-0.39, 0.29) is 11.7 Å². The van der Waals surface area contributed by atoms with Crippen LogP contribution in [0.2, 0.25) is 0 Å². The molecule has 2 atom stereocenters. The first kappa shape index (κ1) is 14.7. The molecule has 0 unspecified atom stereocenters. The highest BCUT2D eigenvalue weighted by atomic mass is 19.1. The lowest BCUT2D eigenvalue weighted by atomic mass is 10.0. The Morgan fingerprint density at radius 1 is 1.50 bits per heavy atom. The van der Waals surface area contributed by atoms with Gasteiger partial charge in [0.25, 0.3) is 0 Å². The second-order valence-electron chi connectivity index (χ2n) is 5.36. The molecule has 0 radical (unpaired) electrons. The lowest BCUT2D eigenvalue weighted by Gasteiger charge is -2.21. The highest BCUT2D eigenvalue weighted by Gasteiger charge is 2.29. The number of aryl methyl sites for hydroxylation is 1. The predicted octanol–water partition coefficient (Wildman–Crippen LogP) is 1.94. The van der Waals surface area contributed by atoms with Gasteiger partial charge in [-0.25, -0.2) is 9.37 Å². The number of hydrogen-bond donors (Lipinski definition) is 1. The summed E-state index contributed by atoms with van der Waals surface area (Å²) < 4.78 is 21.3. The van der Waals surface area contributed by atoms with Gasteiger partial charge in [-0.1, -0.05) is 18.2 Å². The summed E-state index contributed by atoms with van der Waals surface area (Å²) in [6.07, 6.45) is 4.49. The van der Waals surface area contributed by atoms with E-state index < -0.39 is 12.1 Å². The summed E-state index contributed by atoms with van der Waals surface area (Å²) in [7, 11) is 1.81. The first-order chi connectivity index (χ1) is 10.7. The standard InChI is InChI=1S/C16H18FN3O2/c1-20-9-8-18-15(20)14(11-5-2-3-6-12(11)17)19-16(21)13-7-4-10-22-13/h2-3,5-6,8-9,13-14H,4,7,10H2,1H3,(H,19,21)/t13-,14-/m1/s1. The zero-order valence-corrected chi connectivity index (χ0v) is 12.3. The molecule has 6 heteroatoms. The molecule has 1 aliphatic heterocycles. The molecule has 0 saturated carbocycles. The molecule has 1 N–H and O–H groups in total. The van der Waals surface area contributed by atoms with Crippen molar-refractivity contribution in [3.63, 3.8) is 0 Å². The number of nitrogens with one attached hydrogen (secondary N) is 1. The third kappa shape index (κ3) is 2.87. The Morgan fingerprint density at radius 2 is 2.32 bits per heavy atom. The van der Waals surface area contributed by atoms with Crippen molar-refractivity contribution in [2.24, 2.45) is 7.05 Å². The van der Waals surface area contributed by atoms with E-state index in [0.717, 1.165) is 6.42 Å². The molecular formula is C16H18FN3O2. The van der Waals surface area contributed by atoms with Crippen molar-refractivity contribution in [1.29, 1.82) is 0 Å². The van der Waals surface area contributed by atoms with E-state index in [1.807, 2.05) is 7.05 Å². The summed E-state index contributed by atoms with van der Waals surface area (Å²) in [5.41, 5.74) is 0.392. The molecule has 22 heavy (non-hydrogen) atoms. The maximum atomic E-state index is 14.2. The quantitative estimate of drug-likeness (QED) is 0.939. The number of halogens is 1. The number of nitrogens with zero attached hydrogens (tertiary/aromatic N) is 2. The molecule has 5 nitrogen and oxygen atoms in total. The summed E-state index contributed by atoms with van der Waals surface area (Å²) in [6, 6.07) is 5.76. The third-order valence-corrected chi connectivity index (χ3v) is 3.84. The number of amides is 1. The molecule has 3 rings (SSSR count). The van der Waals surface area contributed by atoms with Gasteiger partial charge < -0.3 is 14.6 Å². The zero-order valence-electron chi connectivity index (χ0n) is 12.3. The van der Waals surface area contributed by atoms with Crippen molar-refractivity contribution in [2.75, 3.05) is 6.61 Å². The van der Waals surface area contributed by atoms with Crippen LogP contribution in [0.5, 0.6) is 0 Å². The molecule has 1 aromatic carbocycles. The Morgan fingerprint density at radius 3 is 2.95 bits per heavy atom. The van der Waals surface area contributed by atoms with Crippen LogP contribution in [0, 0.1) is 5.82 Å². The van der Waals surface area contributed by atoms with Crippen LogP contribution in [0.1, 0.15) is 30.3 Å². The van der Waals surface area contributed by atoms with Crippen LogP contribution in [0.3, 0.4) is 0 Å². The topological polar surface area (TPSA) is 56.2 Å². The van der Waals surface area contributed by atoms with Gasteiger partial charge in [-0.3, -0.25) is 4.79 Å². The van der Waals surface area contributed by atoms with Crippen LogP contribution in [0.15, 0.2) is 36.7 Å². The average molecular weight is 303 g/mol. The highest BCUT2D eigenvalue weighted by Crippen LogP contribution is 2.24. The lowest BCUT2D eigenvalue weighted by molar-refractivity contribution is -0.130. The third-order valence-electron chi connectivity index (χ3n) is 3.84. The molecule has 1 saturated heterocycles. The minimum atomic E-state index is -0.641. The molecule has 2 aromatic rings. The number of rotatable bonds is 4. The van der Waals surface area contributed by atoms with Crippen LogP contribution >= 0.6 is 0 Å². The smallest absolute Gasteiger partial charge is 0.249 e. The van der Waals surface area contributed by atoms with Gasteiger partial charge in [0, 0.05) is 31.6 Å². The minimum Gasteiger partial charge on any atom is -0.368 e. The van der Waals surface area contributed by atoms with Gasteiger partial charge in [0.05, 0.1) is 0 Å². The number of carbonyl (C=O) groups is 1. The molecule has 1 aromatic heterocycles. The van der Waals surface area contributed by atoms with Crippen molar-refractivity contribution >= 4 is 5.91 Å². The van der Waals surface area contributed by atoms with Crippen molar-refractivity contribution in [3.8, 4) is 0 Å². The van der Waals surface area contributed by atoms with Gasteiger partial charge >= 0.3 is 0 Å². The Kier molecular flexibility index (Phi) is 4.20. The van der Waals surface area contributed by atoms with Gasteiger partial charge in [0.1, 0.15) is 23.8 Å². The predicted molar refractivity (Wildman–Crippen MR) is 78.6 cm³/mol. The molecule has 1 fully saturated rings. The number of aromatic nitrogens is 2. The summed E-state index contributed by atoms with van der Waals surface area (Å²) in [4.78, 5) is 16.6. The van der Waals surface area contributed by atoms with Crippen molar-refractivity contribution in [2.45, 2.75) is 25.0 Å². The van der Waals surface area contributed by atoms with Crippen molar-refractivity contribution < 1.29 is 13.9 Å². The minimum absolute atomic E-state index is 0.228. The fourth-order valence-corrected chi connectivity index (χ4v) is 2.67. The lowest BCUT2D eigenvalue weighted by Crippen LogP contribution is -2.38. The number of imidazole rings is 1. The molecule has 0 aliphatic carbocycles. The molecule has 0 spiro atoms. The van der Waals surface area contributed by atoms with Gasteiger partial charge in [0.15, 0.2) is 0 Å². The highest BCUT2D eigenvalue weighted by molar-refractivity contribution is 5.81. The summed E-state index contributed by atoms with van der Waals surface area (Å²) in [5, 5.41) is 2.87. The number of carbonyl (C=O) groups excluding carboxylic acids is 1. The Hall–Kier alpha value is -2.21. The SMILES string of the molecule is Cn1ccnc1[C@H](NC(=O)[C@H]1CCCO1)c1ccccc1F. The molecule has 1 amide bonds. The first-order valence-corrected chi connectivity index (χ1v) is 7.30. The first-order valence-electron chi connectivity index (χ1n) is 7.30. The normalized spacial score (nSPS) is 19.1. The van der Waals surface area contributed by atoms with E-state index in [9.17, 15) is 9.18 Å². The molecule has 116 valence electrons.